The lowest BCUT2D eigenvalue weighted by Crippen LogP contribution is -2.32. The van der Waals surface area contributed by atoms with Crippen LogP contribution in [0.1, 0.15) is 16.3 Å². The summed E-state index contributed by atoms with van der Waals surface area (Å²) in [6, 6.07) is 2.18. The minimum absolute atomic E-state index is 0.193. The molecule has 2 aliphatic heterocycles. The van der Waals surface area contributed by atoms with Crippen LogP contribution in [0.2, 0.25) is 0 Å². The van der Waals surface area contributed by atoms with Crippen LogP contribution >= 0.6 is 22.7 Å². The van der Waals surface area contributed by atoms with E-state index in [1.807, 2.05) is 11.8 Å². The standard InChI is InChI=1S/C16H19N3OS2/c1-11-17-14(10-22-11)7-19-6-13-5-18(8-15(13)16(19)20)4-12-2-3-21-9-12/h2-3,9-10,13,15H,4-8H2,1H3/t13-,15-/m0/s1. The Morgan fingerprint density at radius 1 is 1.27 bits per heavy atom. The fourth-order valence-electron chi connectivity index (χ4n) is 3.62. The number of rotatable bonds is 4. The van der Waals surface area contributed by atoms with E-state index in [-0.39, 0.29) is 5.92 Å². The molecule has 0 bridgehead atoms. The van der Waals surface area contributed by atoms with E-state index in [0.29, 0.717) is 18.4 Å². The van der Waals surface area contributed by atoms with Gasteiger partial charge in [-0.1, -0.05) is 0 Å². The zero-order valence-corrected chi connectivity index (χ0v) is 14.2. The second-order valence-corrected chi connectivity index (χ2v) is 8.11. The second-order valence-electron chi connectivity index (χ2n) is 6.27. The van der Waals surface area contributed by atoms with Gasteiger partial charge < -0.3 is 4.90 Å². The predicted octanol–water partition coefficient (Wildman–Crippen LogP) is 2.60. The fraction of sp³-hybridized carbons (Fsp3) is 0.500. The maximum absolute atomic E-state index is 12.6. The molecule has 0 aliphatic carbocycles. The molecule has 2 aromatic heterocycles. The lowest BCUT2D eigenvalue weighted by atomic mass is 10.0. The molecular formula is C16H19N3OS2. The smallest absolute Gasteiger partial charge is 0.227 e. The summed E-state index contributed by atoms with van der Waals surface area (Å²) < 4.78 is 0. The molecule has 4 heterocycles. The van der Waals surface area contributed by atoms with Crippen molar-refractivity contribution in [2.75, 3.05) is 19.6 Å². The molecule has 116 valence electrons. The van der Waals surface area contributed by atoms with Crippen molar-refractivity contribution in [3.63, 3.8) is 0 Å². The van der Waals surface area contributed by atoms with Gasteiger partial charge in [0.1, 0.15) is 0 Å². The summed E-state index contributed by atoms with van der Waals surface area (Å²) in [4.78, 5) is 21.5. The van der Waals surface area contributed by atoms with Gasteiger partial charge in [-0.15, -0.1) is 11.3 Å². The molecule has 2 fully saturated rings. The van der Waals surface area contributed by atoms with Crippen LogP contribution in [0.25, 0.3) is 0 Å². The molecule has 22 heavy (non-hydrogen) atoms. The largest absolute Gasteiger partial charge is 0.336 e. The summed E-state index contributed by atoms with van der Waals surface area (Å²) in [7, 11) is 0. The number of nitrogens with zero attached hydrogens (tertiary/aromatic N) is 3. The first-order chi connectivity index (χ1) is 10.7. The second kappa shape index (κ2) is 5.76. The van der Waals surface area contributed by atoms with Gasteiger partial charge in [-0.3, -0.25) is 9.69 Å². The van der Waals surface area contributed by atoms with E-state index in [9.17, 15) is 4.79 Å². The quantitative estimate of drug-likeness (QED) is 0.863. The lowest BCUT2D eigenvalue weighted by Gasteiger charge is -2.20. The molecule has 0 spiro atoms. The molecule has 2 saturated heterocycles. The molecule has 0 unspecified atom stereocenters. The number of hydrogen-bond acceptors (Lipinski definition) is 5. The van der Waals surface area contributed by atoms with E-state index in [0.717, 1.165) is 36.9 Å². The average Bonchev–Trinajstić information content (AvgIpc) is 3.23. The topological polar surface area (TPSA) is 36.4 Å². The molecule has 2 atom stereocenters. The summed E-state index contributed by atoms with van der Waals surface area (Å²) in [5.74, 6) is 1.01. The highest BCUT2D eigenvalue weighted by molar-refractivity contribution is 7.09. The van der Waals surface area contributed by atoms with Crippen molar-refractivity contribution in [3.8, 4) is 0 Å². The molecule has 0 N–H and O–H groups in total. The van der Waals surface area contributed by atoms with Crippen LogP contribution in [-0.2, 0) is 17.9 Å². The van der Waals surface area contributed by atoms with Gasteiger partial charge in [0.05, 0.1) is 23.2 Å². The van der Waals surface area contributed by atoms with Gasteiger partial charge in [-0.2, -0.15) is 11.3 Å². The number of thiazole rings is 1. The maximum atomic E-state index is 12.6. The van der Waals surface area contributed by atoms with Gasteiger partial charge in [0.25, 0.3) is 0 Å². The summed E-state index contributed by atoms with van der Waals surface area (Å²) in [5.41, 5.74) is 2.40. The van der Waals surface area contributed by atoms with Crippen molar-refractivity contribution in [2.45, 2.75) is 20.0 Å². The predicted molar refractivity (Wildman–Crippen MR) is 88.8 cm³/mol. The monoisotopic (exact) mass is 333 g/mol. The van der Waals surface area contributed by atoms with E-state index in [1.54, 1.807) is 22.7 Å². The Bertz CT molecular complexity index is 667. The molecule has 0 radical (unpaired) electrons. The van der Waals surface area contributed by atoms with Crippen LogP contribution in [0.15, 0.2) is 22.2 Å². The Balaban J connectivity index is 1.38. The Hall–Kier alpha value is -1.24. The highest BCUT2D eigenvalue weighted by Crippen LogP contribution is 2.34. The number of aryl methyl sites for hydroxylation is 1. The zero-order valence-electron chi connectivity index (χ0n) is 12.6. The van der Waals surface area contributed by atoms with Gasteiger partial charge in [0.2, 0.25) is 5.91 Å². The van der Waals surface area contributed by atoms with Crippen LogP contribution in [-0.4, -0.2) is 40.3 Å². The Morgan fingerprint density at radius 3 is 2.86 bits per heavy atom. The molecule has 6 heteroatoms. The summed E-state index contributed by atoms with van der Waals surface area (Å²) in [6.07, 6.45) is 0. The first kappa shape index (κ1) is 14.4. The summed E-state index contributed by atoms with van der Waals surface area (Å²) in [6.45, 7) is 6.51. The van der Waals surface area contributed by atoms with Crippen LogP contribution in [0, 0.1) is 18.8 Å². The van der Waals surface area contributed by atoms with Crippen LogP contribution in [0.4, 0.5) is 0 Å². The van der Waals surface area contributed by atoms with Crippen molar-refractivity contribution in [1.82, 2.24) is 14.8 Å². The van der Waals surface area contributed by atoms with Gasteiger partial charge in [-0.05, 0) is 29.3 Å². The number of aromatic nitrogens is 1. The maximum Gasteiger partial charge on any atom is 0.227 e. The van der Waals surface area contributed by atoms with E-state index < -0.39 is 0 Å². The molecule has 2 aromatic rings. The van der Waals surface area contributed by atoms with E-state index >= 15 is 0 Å². The van der Waals surface area contributed by atoms with Crippen molar-refractivity contribution in [3.05, 3.63) is 38.5 Å². The van der Waals surface area contributed by atoms with Gasteiger partial charge in [-0.25, -0.2) is 4.98 Å². The van der Waals surface area contributed by atoms with Gasteiger partial charge in [0, 0.05) is 37.5 Å². The van der Waals surface area contributed by atoms with Crippen LogP contribution in [0.5, 0.6) is 0 Å². The third kappa shape index (κ3) is 2.71. The van der Waals surface area contributed by atoms with E-state index in [4.69, 9.17) is 0 Å². The number of likely N-dealkylation sites (tertiary alicyclic amines) is 2. The van der Waals surface area contributed by atoms with Crippen LogP contribution < -0.4 is 0 Å². The van der Waals surface area contributed by atoms with Crippen LogP contribution in [0.3, 0.4) is 0 Å². The van der Waals surface area contributed by atoms with Gasteiger partial charge in [0.15, 0.2) is 0 Å². The third-order valence-corrected chi connectivity index (χ3v) is 6.16. The minimum Gasteiger partial charge on any atom is -0.336 e. The Labute approximate surface area is 138 Å². The van der Waals surface area contributed by atoms with Gasteiger partial charge >= 0.3 is 0 Å². The lowest BCUT2D eigenvalue weighted by molar-refractivity contribution is -0.131. The third-order valence-electron chi connectivity index (χ3n) is 4.61. The van der Waals surface area contributed by atoms with Crippen molar-refractivity contribution in [1.29, 1.82) is 0 Å². The molecule has 0 aromatic carbocycles. The Kier molecular flexibility index (Phi) is 3.76. The number of carbonyl (C=O) groups is 1. The SMILES string of the molecule is Cc1nc(CN2C[C@@H]3CN(Cc4ccsc4)C[C@@H]3C2=O)cs1. The molecule has 1 amide bonds. The summed E-state index contributed by atoms with van der Waals surface area (Å²) >= 11 is 3.40. The average molecular weight is 333 g/mol. The molecule has 4 nitrogen and oxygen atoms in total. The van der Waals surface area contributed by atoms with E-state index in [1.165, 1.54) is 5.56 Å². The van der Waals surface area contributed by atoms with Crippen molar-refractivity contribution >= 4 is 28.6 Å². The Morgan fingerprint density at radius 2 is 2.18 bits per heavy atom. The molecule has 2 aliphatic rings. The molecule has 4 rings (SSSR count). The van der Waals surface area contributed by atoms with Crippen molar-refractivity contribution < 1.29 is 4.79 Å². The highest BCUT2D eigenvalue weighted by Gasteiger charge is 2.45. The number of carbonyl (C=O) groups excluding carboxylic acids is 1. The first-order valence-corrected chi connectivity index (χ1v) is 9.44. The zero-order chi connectivity index (χ0) is 15.1. The number of fused-ring (bicyclic) bond motifs is 1. The van der Waals surface area contributed by atoms with Crippen molar-refractivity contribution in [2.24, 2.45) is 11.8 Å². The number of thiophene rings is 1. The highest BCUT2D eigenvalue weighted by atomic mass is 32.1. The molecular weight excluding hydrogens is 314 g/mol. The fourth-order valence-corrected chi connectivity index (χ4v) is 4.89. The first-order valence-electron chi connectivity index (χ1n) is 7.62. The normalized spacial score (nSPS) is 25.1. The molecule has 0 saturated carbocycles. The summed E-state index contributed by atoms with van der Waals surface area (Å²) in [5, 5.41) is 7.46. The minimum atomic E-state index is 0.193. The van der Waals surface area contributed by atoms with E-state index in [2.05, 4.69) is 32.1 Å². The number of amides is 1. The number of hydrogen-bond donors (Lipinski definition) is 0.